The summed E-state index contributed by atoms with van der Waals surface area (Å²) in [6.45, 7) is 1.51. The molecule has 0 bridgehead atoms. The van der Waals surface area contributed by atoms with E-state index in [4.69, 9.17) is 10.7 Å². The fraction of sp³-hybridized carbons (Fsp3) is 0.235. The molecule has 0 unspecified atom stereocenters. The van der Waals surface area contributed by atoms with Crippen molar-refractivity contribution in [3.8, 4) is 0 Å². The van der Waals surface area contributed by atoms with Gasteiger partial charge in [-0.05, 0) is 42.1 Å². The SMILES string of the molecule is CN(Cc1cccs1)c1nc2ccccc2cc1CCN. The summed E-state index contributed by atoms with van der Waals surface area (Å²) in [6.07, 6.45) is 0.849. The minimum absolute atomic E-state index is 0.639. The molecular weight excluding hydrogens is 278 g/mol. The van der Waals surface area contributed by atoms with E-state index in [-0.39, 0.29) is 0 Å². The predicted octanol–water partition coefficient (Wildman–Crippen LogP) is 3.43. The first kappa shape index (κ1) is 14.0. The zero-order chi connectivity index (χ0) is 14.7. The average Bonchev–Trinajstić information content (AvgIpc) is 2.99. The molecule has 0 aliphatic rings. The third-order valence-corrected chi connectivity index (χ3v) is 4.39. The molecule has 0 fully saturated rings. The number of benzene rings is 1. The van der Waals surface area contributed by atoms with Crippen molar-refractivity contribution in [1.82, 2.24) is 4.98 Å². The molecule has 0 saturated carbocycles. The number of nitrogens with zero attached hydrogens (tertiary/aromatic N) is 2. The first-order valence-corrected chi connectivity index (χ1v) is 7.98. The quantitative estimate of drug-likeness (QED) is 0.784. The van der Waals surface area contributed by atoms with Crippen molar-refractivity contribution in [3.05, 3.63) is 58.3 Å². The summed E-state index contributed by atoms with van der Waals surface area (Å²) in [6, 6.07) is 14.7. The number of hydrogen-bond donors (Lipinski definition) is 1. The van der Waals surface area contributed by atoms with Gasteiger partial charge in [0.15, 0.2) is 0 Å². The molecule has 1 aromatic carbocycles. The molecule has 0 spiro atoms. The number of nitrogens with two attached hydrogens (primary N) is 1. The Bertz CT molecular complexity index is 722. The average molecular weight is 297 g/mol. The van der Waals surface area contributed by atoms with Crippen LogP contribution in [0.15, 0.2) is 47.8 Å². The van der Waals surface area contributed by atoms with Crippen molar-refractivity contribution in [2.45, 2.75) is 13.0 Å². The van der Waals surface area contributed by atoms with E-state index >= 15 is 0 Å². The van der Waals surface area contributed by atoms with Crippen LogP contribution in [0.25, 0.3) is 10.9 Å². The Labute approximate surface area is 129 Å². The molecule has 3 nitrogen and oxygen atoms in total. The fourth-order valence-electron chi connectivity index (χ4n) is 2.53. The molecule has 2 N–H and O–H groups in total. The third kappa shape index (κ3) is 3.06. The van der Waals surface area contributed by atoms with Gasteiger partial charge in [0.05, 0.1) is 12.1 Å². The van der Waals surface area contributed by atoms with Crippen LogP contribution in [0.2, 0.25) is 0 Å². The maximum Gasteiger partial charge on any atom is 0.132 e. The standard InChI is InChI=1S/C17H19N3S/c1-20(12-15-6-4-10-21-15)17-14(8-9-18)11-13-5-2-3-7-16(13)19-17/h2-7,10-11H,8-9,12,18H2,1H3. The lowest BCUT2D eigenvalue weighted by Gasteiger charge is -2.21. The van der Waals surface area contributed by atoms with Gasteiger partial charge in [0.2, 0.25) is 0 Å². The maximum atomic E-state index is 5.77. The monoisotopic (exact) mass is 297 g/mol. The topological polar surface area (TPSA) is 42.2 Å². The normalized spacial score (nSPS) is 11.0. The molecule has 3 aromatic rings. The highest BCUT2D eigenvalue weighted by molar-refractivity contribution is 7.09. The Morgan fingerprint density at radius 2 is 2.05 bits per heavy atom. The molecule has 0 atom stereocenters. The Morgan fingerprint density at radius 1 is 1.19 bits per heavy atom. The second-order valence-corrected chi connectivity index (χ2v) is 6.17. The van der Waals surface area contributed by atoms with E-state index in [1.54, 1.807) is 11.3 Å². The van der Waals surface area contributed by atoms with Crippen LogP contribution in [0.1, 0.15) is 10.4 Å². The number of anilines is 1. The lowest BCUT2D eigenvalue weighted by molar-refractivity contribution is 0.882. The fourth-order valence-corrected chi connectivity index (χ4v) is 3.29. The third-order valence-electron chi connectivity index (χ3n) is 3.53. The summed E-state index contributed by atoms with van der Waals surface area (Å²) >= 11 is 1.77. The summed E-state index contributed by atoms with van der Waals surface area (Å²) in [4.78, 5) is 8.40. The molecule has 0 radical (unpaired) electrons. The summed E-state index contributed by atoms with van der Waals surface area (Å²) in [5.41, 5.74) is 8.02. The van der Waals surface area contributed by atoms with Crippen molar-refractivity contribution >= 4 is 28.1 Å². The lowest BCUT2D eigenvalue weighted by Crippen LogP contribution is -2.20. The Balaban J connectivity index is 1.99. The number of hydrogen-bond acceptors (Lipinski definition) is 4. The van der Waals surface area contributed by atoms with Crippen LogP contribution >= 0.6 is 11.3 Å². The van der Waals surface area contributed by atoms with Gasteiger partial charge in [-0.1, -0.05) is 24.3 Å². The van der Waals surface area contributed by atoms with E-state index in [0.717, 1.165) is 24.3 Å². The molecule has 0 saturated heterocycles. The summed E-state index contributed by atoms with van der Waals surface area (Å²) in [5, 5.41) is 3.28. The van der Waals surface area contributed by atoms with E-state index in [0.29, 0.717) is 6.54 Å². The summed E-state index contributed by atoms with van der Waals surface area (Å²) in [7, 11) is 2.09. The lowest BCUT2D eigenvalue weighted by atomic mass is 10.1. The zero-order valence-electron chi connectivity index (χ0n) is 12.1. The van der Waals surface area contributed by atoms with Crippen LogP contribution in [0.5, 0.6) is 0 Å². The van der Waals surface area contributed by atoms with Crippen molar-refractivity contribution in [2.75, 3.05) is 18.5 Å². The second-order valence-electron chi connectivity index (χ2n) is 5.14. The number of thiophene rings is 1. The van der Waals surface area contributed by atoms with Crippen molar-refractivity contribution in [2.24, 2.45) is 5.73 Å². The summed E-state index contributed by atoms with van der Waals surface area (Å²) < 4.78 is 0. The minimum atomic E-state index is 0.639. The molecule has 2 aromatic heterocycles. The largest absolute Gasteiger partial charge is 0.354 e. The van der Waals surface area contributed by atoms with Gasteiger partial charge in [0, 0.05) is 17.3 Å². The minimum Gasteiger partial charge on any atom is -0.354 e. The number of aromatic nitrogens is 1. The predicted molar refractivity (Wildman–Crippen MR) is 90.9 cm³/mol. The Morgan fingerprint density at radius 3 is 2.81 bits per heavy atom. The number of fused-ring (bicyclic) bond motifs is 1. The number of pyridine rings is 1. The molecule has 0 aliphatic carbocycles. The highest BCUT2D eigenvalue weighted by Crippen LogP contribution is 2.25. The van der Waals surface area contributed by atoms with Gasteiger partial charge in [-0.25, -0.2) is 4.98 Å². The van der Waals surface area contributed by atoms with Gasteiger partial charge >= 0.3 is 0 Å². The smallest absolute Gasteiger partial charge is 0.132 e. The zero-order valence-corrected chi connectivity index (χ0v) is 12.9. The molecule has 108 valence electrons. The first-order valence-electron chi connectivity index (χ1n) is 7.10. The summed E-state index contributed by atoms with van der Waals surface area (Å²) in [5.74, 6) is 1.03. The van der Waals surface area contributed by atoms with Crippen LogP contribution in [0.4, 0.5) is 5.82 Å². The maximum absolute atomic E-state index is 5.77. The molecule has 0 amide bonds. The van der Waals surface area contributed by atoms with Gasteiger partial charge in [0.25, 0.3) is 0 Å². The Hall–Kier alpha value is -1.91. The van der Waals surface area contributed by atoms with E-state index < -0.39 is 0 Å². The van der Waals surface area contributed by atoms with Gasteiger partial charge in [-0.3, -0.25) is 0 Å². The molecular formula is C17H19N3S. The van der Waals surface area contributed by atoms with Gasteiger partial charge in [0.1, 0.15) is 5.82 Å². The van der Waals surface area contributed by atoms with Crippen molar-refractivity contribution in [1.29, 1.82) is 0 Å². The van der Waals surface area contributed by atoms with E-state index in [2.05, 4.69) is 47.7 Å². The number of rotatable bonds is 5. The number of para-hydroxylation sites is 1. The van der Waals surface area contributed by atoms with Gasteiger partial charge < -0.3 is 10.6 Å². The first-order chi connectivity index (χ1) is 10.3. The van der Waals surface area contributed by atoms with Gasteiger partial charge in [-0.2, -0.15) is 0 Å². The molecule has 4 heteroatoms. The van der Waals surface area contributed by atoms with Crippen LogP contribution in [0.3, 0.4) is 0 Å². The Kier molecular flexibility index (Phi) is 4.18. The second kappa shape index (κ2) is 6.24. The van der Waals surface area contributed by atoms with Crippen LogP contribution in [-0.2, 0) is 13.0 Å². The van der Waals surface area contributed by atoms with E-state index in [9.17, 15) is 0 Å². The molecule has 2 heterocycles. The van der Waals surface area contributed by atoms with E-state index in [1.165, 1.54) is 15.8 Å². The van der Waals surface area contributed by atoms with Gasteiger partial charge in [-0.15, -0.1) is 11.3 Å². The van der Waals surface area contributed by atoms with Crippen LogP contribution in [0, 0.1) is 0 Å². The van der Waals surface area contributed by atoms with Crippen LogP contribution in [-0.4, -0.2) is 18.6 Å². The highest BCUT2D eigenvalue weighted by atomic mass is 32.1. The molecule has 3 rings (SSSR count). The highest BCUT2D eigenvalue weighted by Gasteiger charge is 2.11. The van der Waals surface area contributed by atoms with Crippen molar-refractivity contribution in [3.63, 3.8) is 0 Å². The van der Waals surface area contributed by atoms with Crippen LogP contribution < -0.4 is 10.6 Å². The molecule has 21 heavy (non-hydrogen) atoms. The van der Waals surface area contributed by atoms with E-state index in [1.807, 2.05) is 12.1 Å². The molecule has 0 aliphatic heterocycles. The van der Waals surface area contributed by atoms with Crippen molar-refractivity contribution < 1.29 is 0 Å².